The van der Waals surface area contributed by atoms with E-state index in [1.165, 1.54) is 6.07 Å². The van der Waals surface area contributed by atoms with Crippen molar-refractivity contribution in [2.75, 3.05) is 5.73 Å². The average molecular weight is 255 g/mol. The lowest BCUT2D eigenvalue weighted by molar-refractivity contribution is 0.607. The summed E-state index contributed by atoms with van der Waals surface area (Å²) in [6.45, 7) is 0. The smallest absolute Gasteiger partial charge is 0.126 e. The van der Waals surface area contributed by atoms with Crippen LogP contribution in [0.3, 0.4) is 0 Å². The van der Waals surface area contributed by atoms with Gasteiger partial charge in [0, 0.05) is 18.3 Å². The lowest BCUT2D eigenvalue weighted by Crippen LogP contribution is -2.00. The molecule has 0 unspecified atom stereocenters. The molecule has 0 aliphatic carbocycles. The number of halogens is 1. The van der Waals surface area contributed by atoms with E-state index in [4.69, 9.17) is 5.73 Å². The maximum Gasteiger partial charge on any atom is 0.126 e. The van der Waals surface area contributed by atoms with Gasteiger partial charge in [-0.05, 0) is 30.2 Å². The van der Waals surface area contributed by atoms with Crippen molar-refractivity contribution in [3.63, 3.8) is 0 Å². The second kappa shape index (κ2) is 4.72. The molecule has 0 bridgehead atoms. The van der Waals surface area contributed by atoms with Crippen LogP contribution in [0.25, 0.3) is 5.52 Å². The summed E-state index contributed by atoms with van der Waals surface area (Å²) in [5.41, 5.74) is 8.18. The van der Waals surface area contributed by atoms with Gasteiger partial charge in [-0.1, -0.05) is 18.2 Å². The quantitative estimate of drug-likeness (QED) is 0.782. The Kier molecular flexibility index (Phi) is 2.91. The largest absolute Gasteiger partial charge is 0.398 e. The lowest BCUT2D eigenvalue weighted by Gasteiger charge is -2.04. The molecule has 0 saturated carbocycles. The summed E-state index contributed by atoms with van der Waals surface area (Å²) in [6, 6.07) is 10.6. The van der Waals surface area contributed by atoms with Crippen LogP contribution in [0.4, 0.5) is 10.1 Å². The van der Waals surface area contributed by atoms with Crippen molar-refractivity contribution in [2.24, 2.45) is 0 Å². The van der Waals surface area contributed by atoms with Gasteiger partial charge in [-0.15, -0.1) is 0 Å². The van der Waals surface area contributed by atoms with E-state index < -0.39 is 0 Å². The predicted molar refractivity (Wildman–Crippen MR) is 73.4 cm³/mol. The number of hydrogen-bond donors (Lipinski definition) is 1. The summed E-state index contributed by atoms with van der Waals surface area (Å²) < 4.78 is 15.5. The highest BCUT2D eigenvalue weighted by Gasteiger charge is 2.06. The lowest BCUT2D eigenvalue weighted by atomic mass is 10.1. The van der Waals surface area contributed by atoms with Crippen molar-refractivity contribution in [2.45, 2.75) is 12.8 Å². The first kappa shape index (κ1) is 11.7. The molecule has 3 rings (SSSR count). The summed E-state index contributed by atoms with van der Waals surface area (Å²) in [4.78, 5) is 4.37. The van der Waals surface area contributed by atoms with Crippen molar-refractivity contribution in [1.82, 2.24) is 9.38 Å². The van der Waals surface area contributed by atoms with Gasteiger partial charge in [0.25, 0.3) is 0 Å². The number of nitrogen functional groups attached to an aromatic ring is 1. The average Bonchev–Trinajstić information content (AvgIpc) is 2.80. The van der Waals surface area contributed by atoms with Gasteiger partial charge in [0.05, 0.1) is 11.7 Å². The molecule has 4 heteroatoms. The Morgan fingerprint density at radius 3 is 2.79 bits per heavy atom. The molecular formula is C15H14FN3. The van der Waals surface area contributed by atoms with Crippen LogP contribution in [0.15, 0.2) is 48.8 Å². The number of pyridine rings is 1. The van der Waals surface area contributed by atoms with Gasteiger partial charge >= 0.3 is 0 Å². The zero-order valence-corrected chi connectivity index (χ0v) is 10.4. The minimum absolute atomic E-state index is 0.164. The number of anilines is 1. The fraction of sp³-hybridized carbons (Fsp3) is 0.133. The van der Waals surface area contributed by atoms with E-state index in [0.29, 0.717) is 24.1 Å². The van der Waals surface area contributed by atoms with Gasteiger partial charge < -0.3 is 10.1 Å². The highest BCUT2D eigenvalue weighted by molar-refractivity contribution is 5.52. The number of hydrogen-bond acceptors (Lipinski definition) is 2. The van der Waals surface area contributed by atoms with Crippen molar-refractivity contribution in [3.8, 4) is 0 Å². The molecule has 0 aliphatic rings. The SMILES string of the molecule is Nc1ccc2cnc(CCc3ccccc3F)n2c1. The monoisotopic (exact) mass is 255 g/mol. The normalized spacial score (nSPS) is 11.0. The highest BCUT2D eigenvalue weighted by Crippen LogP contribution is 2.14. The summed E-state index contributed by atoms with van der Waals surface area (Å²) in [5.74, 6) is 0.730. The van der Waals surface area contributed by atoms with E-state index in [1.54, 1.807) is 18.3 Å². The van der Waals surface area contributed by atoms with Crippen LogP contribution in [0.2, 0.25) is 0 Å². The fourth-order valence-electron chi connectivity index (χ4n) is 2.19. The molecule has 19 heavy (non-hydrogen) atoms. The number of aromatic nitrogens is 2. The number of aryl methyl sites for hydroxylation is 2. The van der Waals surface area contributed by atoms with Crippen LogP contribution in [0.5, 0.6) is 0 Å². The van der Waals surface area contributed by atoms with Gasteiger partial charge in [-0.3, -0.25) is 0 Å². The third-order valence-electron chi connectivity index (χ3n) is 3.20. The molecule has 2 aromatic heterocycles. The maximum absolute atomic E-state index is 13.5. The third kappa shape index (κ3) is 2.29. The molecule has 0 radical (unpaired) electrons. The first-order valence-electron chi connectivity index (χ1n) is 6.19. The van der Waals surface area contributed by atoms with Crippen LogP contribution in [-0.4, -0.2) is 9.38 Å². The molecule has 0 fully saturated rings. The van der Waals surface area contributed by atoms with Gasteiger partial charge in [0.1, 0.15) is 11.6 Å². The molecular weight excluding hydrogens is 241 g/mol. The van der Waals surface area contributed by atoms with E-state index >= 15 is 0 Å². The molecule has 3 aromatic rings. The number of benzene rings is 1. The van der Waals surface area contributed by atoms with Crippen LogP contribution in [0.1, 0.15) is 11.4 Å². The number of fused-ring (bicyclic) bond motifs is 1. The van der Waals surface area contributed by atoms with Gasteiger partial charge in [0.15, 0.2) is 0 Å². The van der Waals surface area contributed by atoms with Crippen LogP contribution >= 0.6 is 0 Å². The summed E-state index contributed by atoms with van der Waals surface area (Å²) in [5, 5.41) is 0. The Morgan fingerprint density at radius 1 is 1.11 bits per heavy atom. The molecule has 0 atom stereocenters. The summed E-state index contributed by atoms with van der Waals surface area (Å²) in [7, 11) is 0. The summed E-state index contributed by atoms with van der Waals surface area (Å²) in [6.07, 6.45) is 4.95. The van der Waals surface area contributed by atoms with E-state index in [1.807, 2.05) is 28.8 Å². The molecule has 0 spiro atoms. The minimum atomic E-state index is -0.164. The Hall–Kier alpha value is -2.36. The zero-order valence-electron chi connectivity index (χ0n) is 10.4. The van der Waals surface area contributed by atoms with E-state index in [9.17, 15) is 4.39 Å². The van der Waals surface area contributed by atoms with Crippen LogP contribution < -0.4 is 5.73 Å². The second-order valence-corrected chi connectivity index (χ2v) is 4.52. The first-order chi connectivity index (χ1) is 9.24. The van der Waals surface area contributed by atoms with Crippen molar-refractivity contribution in [3.05, 3.63) is 66.0 Å². The Labute approximate surface area is 110 Å². The molecule has 96 valence electrons. The molecule has 2 N–H and O–H groups in total. The number of nitrogens with zero attached hydrogens (tertiary/aromatic N) is 2. The van der Waals surface area contributed by atoms with Gasteiger partial charge in [-0.25, -0.2) is 9.37 Å². The van der Waals surface area contributed by atoms with Crippen molar-refractivity contribution in [1.29, 1.82) is 0 Å². The van der Waals surface area contributed by atoms with Crippen LogP contribution in [0, 0.1) is 5.82 Å². The molecule has 3 nitrogen and oxygen atoms in total. The number of imidazole rings is 1. The maximum atomic E-state index is 13.5. The zero-order chi connectivity index (χ0) is 13.2. The Balaban J connectivity index is 1.86. The Bertz CT molecular complexity index is 718. The van der Waals surface area contributed by atoms with E-state index in [-0.39, 0.29) is 5.82 Å². The molecule has 1 aromatic carbocycles. The summed E-state index contributed by atoms with van der Waals surface area (Å²) >= 11 is 0. The van der Waals surface area contributed by atoms with Gasteiger partial charge in [-0.2, -0.15) is 0 Å². The predicted octanol–water partition coefficient (Wildman–Crippen LogP) is 2.84. The topological polar surface area (TPSA) is 43.3 Å². The van der Waals surface area contributed by atoms with Crippen LogP contribution in [-0.2, 0) is 12.8 Å². The fourth-order valence-corrected chi connectivity index (χ4v) is 2.19. The second-order valence-electron chi connectivity index (χ2n) is 4.52. The third-order valence-corrected chi connectivity index (χ3v) is 3.20. The highest BCUT2D eigenvalue weighted by atomic mass is 19.1. The molecule has 0 saturated heterocycles. The van der Waals surface area contributed by atoms with Crippen molar-refractivity contribution < 1.29 is 4.39 Å². The number of rotatable bonds is 3. The Morgan fingerprint density at radius 2 is 1.95 bits per heavy atom. The van der Waals surface area contributed by atoms with E-state index in [2.05, 4.69) is 4.98 Å². The number of nitrogens with two attached hydrogens (primary N) is 1. The molecule has 0 aliphatic heterocycles. The van der Waals surface area contributed by atoms with E-state index in [0.717, 1.165) is 11.3 Å². The first-order valence-corrected chi connectivity index (χ1v) is 6.19. The standard InChI is InChI=1S/C15H14FN3/c16-14-4-2-1-3-11(14)5-8-15-18-9-13-7-6-12(17)10-19(13)15/h1-4,6-7,9-10H,5,8,17H2. The van der Waals surface area contributed by atoms with Crippen molar-refractivity contribution >= 4 is 11.2 Å². The van der Waals surface area contributed by atoms with Gasteiger partial charge in [0.2, 0.25) is 0 Å². The minimum Gasteiger partial charge on any atom is -0.398 e. The molecule has 0 amide bonds. The molecule has 2 heterocycles.